The molecule has 0 aliphatic carbocycles. The van der Waals surface area contributed by atoms with Gasteiger partial charge in [-0.3, -0.25) is 0 Å². The summed E-state index contributed by atoms with van der Waals surface area (Å²) in [6.07, 6.45) is 10.9. The van der Waals surface area contributed by atoms with Gasteiger partial charge in [0.25, 0.3) is 0 Å². The lowest BCUT2D eigenvalue weighted by Crippen LogP contribution is -2.35. The quantitative estimate of drug-likeness (QED) is 0.473. The highest BCUT2D eigenvalue weighted by atomic mass is 16.5. The summed E-state index contributed by atoms with van der Waals surface area (Å²) in [4.78, 5) is 0. The maximum Gasteiger partial charge on any atom is 0.107 e. The third kappa shape index (κ3) is 5.44. The fourth-order valence-corrected chi connectivity index (χ4v) is 1.10. The van der Waals surface area contributed by atoms with Gasteiger partial charge in [0.1, 0.15) is 13.2 Å². The molecule has 0 fully saturated rings. The molecule has 0 aromatic rings. The highest BCUT2D eigenvalue weighted by molar-refractivity contribution is 4.86. The Bertz CT molecular complexity index is 208. The number of aliphatic hydroxyl groups is 1. The molecule has 84 valence electrons. The minimum absolute atomic E-state index is 0.00135. The lowest BCUT2D eigenvalue weighted by molar-refractivity contribution is -0.0406. The first kappa shape index (κ1) is 14.0. The number of rotatable bonds is 8. The molecule has 3 heteroatoms. The Kier molecular flexibility index (Phi) is 7.77. The fourth-order valence-electron chi connectivity index (χ4n) is 1.10. The van der Waals surface area contributed by atoms with Gasteiger partial charge in [0.2, 0.25) is 0 Å². The smallest absolute Gasteiger partial charge is 0.107 e. The minimum Gasteiger partial charge on any atom is -0.396 e. The molecule has 0 saturated heterocycles. The molecule has 0 atom stereocenters. The monoisotopic (exact) mass is 210 g/mol. The lowest BCUT2D eigenvalue weighted by Gasteiger charge is -2.29. The maximum atomic E-state index is 9.31. The van der Waals surface area contributed by atoms with Gasteiger partial charge in [0, 0.05) is 5.41 Å². The van der Waals surface area contributed by atoms with Crippen molar-refractivity contribution in [1.82, 2.24) is 0 Å². The van der Waals surface area contributed by atoms with Crippen molar-refractivity contribution in [3.05, 3.63) is 0 Å². The van der Waals surface area contributed by atoms with Crippen molar-refractivity contribution in [1.29, 1.82) is 0 Å². The number of ether oxygens (including phenoxy) is 2. The predicted octanol–water partition coefficient (Wildman–Crippen LogP) is 0.675. The van der Waals surface area contributed by atoms with E-state index in [2.05, 4.69) is 11.8 Å². The number of aliphatic hydroxyl groups excluding tert-OH is 1. The Morgan fingerprint density at radius 3 is 1.87 bits per heavy atom. The van der Waals surface area contributed by atoms with E-state index in [1.54, 1.807) is 0 Å². The van der Waals surface area contributed by atoms with E-state index in [4.69, 9.17) is 22.3 Å². The second-order valence-corrected chi connectivity index (χ2v) is 3.41. The van der Waals surface area contributed by atoms with Crippen molar-refractivity contribution in [3.8, 4) is 24.7 Å². The van der Waals surface area contributed by atoms with E-state index in [0.717, 1.165) is 6.42 Å². The van der Waals surface area contributed by atoms with Crippen molar-refractivity contribution >= 4 is 0 Å². The average molecular weight is 210 g/mol. The van der Waals surface area contributed by atoms with Crippen LogP contribution in [0.3, 0.4) is 0 Å². The first-order chi connectivity index (χ1) is 7.24. The molecule has 0 aromatic heterocycles. The van der Waals surface area contributed by atoms with Crippen LogP contribution in [0.4, 0.5) is 0 Å². The molecule has 15 heavy (non-hydrogen) atoms. The van der Waals surface area contributed by atoms with E-state index in [-0.39, 0.29) is 19.8 Å². The van der Waals surface area contributed by atoms with Gasteiger partial charge in [-0.1, -0.05) is 18.8 Å². The van der Waals surface area contributed by atoms with Crippen molar-refractivity contribution in [2.75, 3.05) is 33.0 Å². The summed E-state index contributed by atoms with van der Waals surface area (Å²) in [6, 6.07) is 0. The summed E-state index contributed by atoms with van der Waals surface area (Å²) in [5.74, 6) is 4.76. The summed E-state index contributed by atoms with van der Waals surface area (Å²) in [7, 11) is 0. The van der Waals surface area contributed by atoms with Gasteiger partial charge in [-0.05, 0) is 6.42 Å². The second-order valence-electron chi connectivity index (χ2n) is 3.41. The highest BCUT2D eigenvalue weighted by Gasteiger charge is 2.28. The van der Waals surface area contributed by atoms with Crippen molar-refractivity contribution in [2.24, 2.45) is 5.41 Å². The van der Waals surface area contributed by atoms with Crippen molar-refractivity contribution < 1.29 is 14.6 Å². The van der Waals surface area contributed by atoms with Crippen LogP contribution in [-0.2, 0) is 9.47 Å². The van der Waals surface area contributed by atoms with E-state index in [1.165, 1.54) is 0 Å². The van der Waals surface area contributed by atoms with Gasteiger partial charge in [-0.2, -0.15) is 0 Å². The molecule has 0 bridgehead atoms. The average Bonchev–Trinajstić information content (AvgIpc) is 2.28. The van der Waals surface area contributed by atoms with Gasteiger partial charge in [0.05, 0.1) is 19.8 Å². The van der Waals surface area contributed by atoms with Crippen LogP contribution in [0.1, 0.15) is 13.3 Å². The predicted molar refractivity (Wildman–Crippen MR) is 59.1 cm³/mol. The molecular weight excluding hydrogens is 192 g/mol. The summed E-state index contributed by atoms with van der Waals surface area (Å²) in [6.45, 7) is 3.23. The zero-order chi connectivity index (χ0) is 11.6. The molecule has 0 spiro atoms. The molecular formula is C12H18O3. The van der Waals surface area contributed by atoms with Crippen LogP contribution < -0.4 is 0 Å². The zero-order valence-electron chi connectivity index (χ0n) is 9.16. The van der Waals surface area contributed by atoms with E-state index in [1.807, 2.05) is 6.92 Å². The molecule has 1 N–H and O–H groups in total. The largest absolute Gasteiger partial charge is 0.396 e. The molecule has 0 radical (unpaired) electrons. The first-order valence-corrected chi connectivity index (χ1v) is 4.88. The van der Waals surface area contributed by atoms with Crippen molar-refractivity contribution in [2.45, 2.75) is 13.3 Å². The molecule has 0 aromatic carbocycles. The highest BCUT2D eigenvalue weighted by Crippen LogP contribution is 2.22. The topological polar surface area (TPSA) is 38.7 Å². The minimum atomic E-state index is -0.395. The van der Waals surface area contributed by atoms with Crippen LogP contribution in [0.25, 0.3) is 0 Å². The van der Waals surface area contributed by atoms with E-state index < -0.39 is 5.41 Å². The number of hydrogen-bond donors (Lipinski definition) is 1. The van der Waals surface area contributed by atoms with Crippen molar-refractivity contribution in [3.63, 3.8) is 0 Å². The van der Waals surface area contributed by atoms with E-state index in [9.17, 15) is 5.11 Å². The molecule has 0 amide bonds. The molecule has 0 aliphatic rings. The lowest BCUT2D eigenvalue weighted by atomic mass is 9.88. The van der Waals surface area contributed by atoms with E-state index in [0.29, 0.717) is 13.2 Å². The number of hydrogen-bond acceptors (Lipinski definition) is 3. The normalized spacial score (nSPS) is 10.7. The third-order valence-electron chi connectivity index (χ3n) is 2.27. The molecule has 0 rings (SSSR count). The summed E-state index contributed by atoms with van der Waals surface area (Å²) >= 11 is 0. The van der Waals surface area contributed by atoms with Crippen LogP contribution in [-0.4, -0.2) is 38.1 Å². The Labute approximate surface area is 91.8 Å². The maximum absolute atomic E-state index is 9.31. The van der Waals surface area contributed by atoms with E-state index >= 15 is 0 Å². The molecule has 0 heterocycles. The SMILES string of the molecule is C#CCOCC(CC)(CO)COCC#C. The van der Waals surface area contributed by atoms with Crippen LogP contribution >= 0.6 is 0 Å². The molecule has 3 nitrogen and oxygen atoms in total. The van der Waals surface area contributed by atoms with Gasteiger partial charge >= 0.3 is 0 Å². The van der Waals surface area contributed by atoms with Gasteiger partial charge in [0.15, 0.2) is 0 Å². The second kappa shape index (κ2) is 8.32. The first-order valence-electron chi connectivity index (χ1n) is 4.88. The van der Waals surface area contributed by atoms with Crippen LogP contribution in [0.5, 0.6) is 0 Å². The summed E-state index contributed by atoms with van der Waals surface area (Å²) in [5, 5.41) is 9.31. The zero-order valence-corrected chi connectivity index (χ0v) is 9.16. The molecule has 0 saturated carbocycles. The van der Waals surface area contributed by atoms with Gasteiger partial charge in [-0.25, -0.2) is 0 Å². The van der Waals surface area contributed by atoms with Crippen LogP contribution in [0.2, 0.25) is 0 Å². The Morgan fingerprint density at radius 2 is 1.60 bits per heavy atom. The van der Waals surface area contributed by atoms with Crippen LogP contribution in [0, 0.1) is 30.1 Å². The van der Waals surface area contributed by atoms with Crippen LogP contribution in [0.15, 0.2) is 0 Å². The van der Waals surface area contributed by atoms with Gasteiger partial charge < -0.3 is 14.6 Å². The summed E-state index contributed by atoms with van der Waals surface area (Å²) in [5.41, 5.74) is -0.395. The van der Waals surface area contributed by atoms with Gasteiger partial charge in [-0.15, -0.1) is 12.8 Å². The summed E-state index contributed by atoms with van der Waals surface area (Å²) < 4.78 is 10.5. The molecule has 0 unspecified atom stereocenters. The third-order valence-corrected chi connectivity index (χ3v) is 2.27. The fraction of sp³-hybridized carbons (Fsp3) is 0.667. The Balaban J connectivity index is 4.07. The standard InChI is InChI=1S/C12H18O3/c1-4-7-14-10-12(6-3,9-13)11-15-8-5-2/h1-2,13H,6-11H2,3H3. The Morgan fingerprint density at radius 1 is 1.13 bits per heavy atom. The number of terminal acetylenes is 2. The molecule has 0 aliphatic heterocycles. The Hall–Kier alpha value is -1.00.